The van der Waals surface area contributed by atoms with Crippen LogP contribution in [0, 0.1) is 22.9 Å². The van der Waals surface area contributed by atoms with Crippen LogP contribution in [0.2, 0.25) is 0 Å². The van der Waals surface area contributed by atoms with Gasteiger partial charge in [-0.3, -0.25) is 10.1 Å². The molecule has 1 saturated heterocycles. The lowest BCUT2D eigenvalue weighted by Crippen LogP contribution is -2.44. The van der Waals surface area contributed by atoms with Crippen molar-refractivity contribution in [3.8, 4) is 0 Å². The molecule has 1 aliphatic rings. The van der Waals surface area contributed by atoms with E-state index in [1.807, 2.05) is 7.05 Å². The number of nitrogens with zero attached hydrogens (tertiary/aromatic N) is 3. The lowest BCUT2D eigenvalue weighted by Gasteiger charge is -2.34. The Morgan fingerprint density at radius 2 is 1.89 bits per heavy atom. The molecule has 0 radical (unpaired) electrons. The van der Waals surface area contributed by atoms with Gasteiger partial charge in [0.15, 0.2) is 0 Å². The Hall–Kier alpha value is -1.69. The summed E-state index contributed by atoms with van der Waals surface area (Å²) >= 11 is 0. The molecule has 1 aliphatic heterocycles. The van der Waals surface area contributed by atoms with Gasteiger partial charge in [0, 0.05) is 43.5 Å². The maximum absolute atomic E-state index is 13.9. The third-order valence-corrected chi connectivity index (χ3v) is 3.38. The molecule has 1 aromatic carbocycles. The highest BCUT2D eigenvalue weighted by Crippen LogP contribution is 2.29. The number of piperazine rings is 1. The van der Waals surface area contributed by atoms with Gasteiger partial charge in [-0.2, -0.15) is 4.39 Å². The molecule has 0 bridgehead atoms. The number of likely N-dealkylation sites (N-methyl/N-ethyl adjacent to an activating group) is 1. The monoisotopic (exact) mass is 253 g/mol. The standard InChI is InChI=1S/C12H16FN3O2/c1-9-10(15-7-5-14(2)6-8-15)3-4-11(12(9)13)16(17)18/h3-4H,5-8H2,1-2H3. The molecule has 1 aromatic rings. The molecule has 18 heavy (non-hydrogen) atoms. The largest absolute Gasteiger partial charge is 0.369 e. The topological polar surface area (TPSA) is 49.6 Å². The first-order valence-electron chi connectivity index (χ1n) is 5.87. The van der Waals surface area contributed by atoms with Crippen LogP contribution in [0.5, 0.6) is 0 Å². The molecule has 0 unspecified atom stereocenters. The summed E-state index contributed by atoms with van der Waals surface area (Å²) in [4.78, 5) is 14.2. The van der Waals surface area contributed by atoms with Gasteiger partial charge in [0.2, 0.25) is 5.82 Å². The van der Waals surface area contributed by atoms with Crippen molar-refractivity contribution in [2.75, 3.05) is 38.1 Å². The molecule has 2 rings (SSSR count). The van der Waals surface area contributed by atoms with Crippen molar-refractivity contribution in [2.45, 2.75) is 6.92 Å². The molecular weight excluding hydrogens is 237 g/mol. The number of hydrogen-bond donors (Lipinski definition) is 0. The zero-order chi connectivity index (χ0) is 13.3. The SMILES string of the molecule is Cc1c(N2CCN(C)CC2)ccc([N+](=O)[O-])c1F. The molecule has 0 spiro atoms. The first-order valence-corrected chi connectivity index (χ1v) is 5.87. The highest BCUT2D eigenvalue weighted by molar-refractivity contribution is 5.58. The van der Waals surface area contributed by atoms with E-state index in [1.165, 1.54) is 6.07 Å². The Bertz CT molecular complexity index is 471. The highest BCUT2D eigenvalue weighted by Gasteiger charge is 2.22. The Labute approximate surface area is 105 Å². The Balaban J connectivity index is 2.30. The Morgan fingerprint density at radius 1 is 1.28 bits per heavy atom. The zero-order valence-electron chi connectivity index (χ0n) is 10.5. The van der Waals surface area contributed by atoms with Crippen molar-refractivity contribution in [1.29, 1.82) is 0 Å². The van der Waals surface area contributed by atoms with E-state index in [-0.39, 0.29) is 0 Å². The first kappa shape index (κ1) is 12.8. The van der Waals surface area contributed by atoms with Crippen molar-refractivity contribution >= 4 is 11.4 Å². The van der Waals surface area contributed by atoms with Crippen LogP contribution in [0.4, 0.5) is 15.8 Å². The van der Waals surface area contributed by atoms with E-state index < -0.39 is 16.4 Å². The van der Waals surface area contributed by atoms with E-state index in [0.29, 0.717) is 5.56 Å². The second-order valence-electron chi connectivity index (χ2n) is 4.59. The van der Waals surface area contributed by atoms with Crippen LogP contribution in [0.1, 0.15) is 5.56 Å². The molecule has 5 nitrogen and oxygen atoms in total. The lowest BCUT2D eigenvalue weighted by atomic mass is 10.1. The number of anilines is 1. The second kappa shape index (κ2) is 4.89. The minimum absolute atomic E-state index is 0.355. The predicted octanol–water partition coefficient (Wildman–Crippen LogP) is 1.79. The van der Waals surface area contributed by atoms with Gasteiger partial charge in [0.05, 0.1) is 4.92 Å². The fourth-order valence-electron chi connectivity index (χ4n) is 2.19. The molecule has 6 heteroatoms. The lowest BCUT2D eigenvalue weighted by molar-refractivity contribution is -0.387. The van der Waals surface area contributed by atoms with E-state index >= 15 is 0 Å². The molecule has 0 N–H and O–H groups in total. The summed E-state index contributed by atoms with van der Waals surface area (Å²) in [5, 5.41) is 10.6. The van der Waals surface area contributed by atoms with Crippen molar-refractivity contribution in [2.24, 2.45) is 0 Å². The average molecular weight is 253 g/mol. The zero-order valence-corrected chi connectivity index (χ0v) is 10.5. The molecule has 98 valence electrons. The fourth-order valence-corrected chi connectivity index (χ4v) is 2.19. The number of nitro groups is 1. The van der Waals surface area contributed by atoms with Gasteiger partial charge in [-0.15, -0.1) is 0 Å². The van der Waals surface area contributed by atoms with Gasteiger partial charge < -0.3 is 9.80 Å². The predicted molar refractivity (Wildman–Crippen MR) is 67.5 cm³/mol. The van der Waals surface area contributed by atoms with Crippen LogP contribution in [0.3, 0.4) is 0 Å². The van der Waals surface area contributed by atoms with Crippen molar-refractivity contribution in [3.05, 3.63) is 33.6 Å². The van der Waals surface area contributed by atoms with Gasteiger partial charge in [0.25, 0.3) is 0 Å². The molecule has 0 saturated carbocycles. The minimum Gasteiger partial charge on any atom is -0.369 e. The quantitative estimate of drug-likeness (QED) is 0.595. The van der Waals surface area contributed by atoms with Crippen molar-refractivity contribution < 1.29 is 9.31 Å². The maximum Gasteiger partial charge on any atom is 0.305 e. The van der Waals surface area contributed by atoms with Gasteiger partial charge in [-0.25, -0.2) is 0 Å². The molecule has 1 fully saturated rings. The number of rotatable bonds is 2. The average Bonchev–Trinajstić information content (AvgIpc) is 2.33. The van der Waals surface area contributed by atoms with Crippen molar-refractivity contribution in [1.82, 2.24) is 4.90 Å². The Morgan fingerprint density at radius 3 is 2.44 bits per heavy atom. The van der Waals surface area contributed by atoms with Gasteiger partial charge >= 0.3 is 5.69 Å². The van der Waals surface area contributed by atoms with E-state index in [4.69, 9.17) is 0 Å². The molecule has 0 amide bonds. The molecule has 0 aliphatic carbocycles. The minimum atomic E-state index is -0.726. The first-order chi connectivity index (χ1) is 8.50. The van der Waals surface area contributed by atoms with Crippen molar-refractivity contribution in [3.63, 3.8) is 0 Å². The van der Waals surface area contributed by atoms with Crippen LogP contribution < -0.4 is 4.90 Å². The Kier molecular flexibility index (Phi) is 3.47. The van der Waals surface area contributed by atoms with E-state index in [1.54, 1.807) is 13.0 Å². The highest BCUT2D eigenvalue weighted by atomic mass is 19.1. The third-order valence-electron chi connectivity index (χ3n) is 3.38. The van der Waals surface area contributed by atoms with E-state index in [0.717, 1.165) is 31.9 Å². The van der Waals surface area contributed by atoms with E-state index in [2.05, 4.69) is 9.80 Å². The fraction of sp³-hybridized carbons (Fsp3) is 0.500. The van der Waals surface area contributed by atoms with Gasteiger partial charge in [-0.05, 0) is 20.0 Å². The third kappa shape index (κ3) is 2.28. The van der Waals surface area contributed by atoms with Crippen LogP contribution in [-0.4, -0.2) is 43.0 Å². The molecule has 1 heterocycles. The summed E-state index contributed by atoms with van der Waals surface area (Å²) in [5.74, 6) is -0.726. The number of hydrogen-bond acceptors (Lipinski definition) is 4. The number of benzene rings is 1. The molecular formula is C12H16FN3O2. The summed E-state index contributed by atoms with van der Waals surface area (Å²) < 4.78 is 13.9. The van der Waals surface area contributed by atoms with Crippen LogP contribution in [0.25, 0.3) is 0 Å². The smallest absolute Gasteiger partial charge is 0.305 e. The van der Waals surface area contributed by atoms with E-state index in [9.17, 15) is 14.5 Å². The number of nitro benzene ring substituents is 1. The molecule has 0 atom stereocenters. The number of halogens is 1. The second-order valence-corrected chi connectivity index (χ2v) is 4.59. The summed E-state index contributed by atoms with van der Waals surface area (Å²) in [6, 6.07) is 2.89. The van der Waals surface area contributed by atoms with Crippen LogP contribution >= 0.6 is 0 Å². The maximum atomic E-state index is 13.9. The summed E-state index contributed by atoms with van der Waals surface area (Å²) in [5.41, 5.74) is 0.658. The van der Waals surface area contributed by atoms with Crippen LogP contribution in [-0.2, 0) is 0 Å². The summed E-state index contributed by atoms with van der Waals surface area (Å²) in [7, 11) is 2.04. The summed E-state index contributed by atoms with van der Waals surface area (Å²) in [6.45, 7) is 5.05. The van der Waals surface area contributed by atoms with Crippen LogP contribution in [0.15, 0.2) is 12.1 Å². The van der Waals surface area contributed by atoms with Gasteiger partial charge in [0.1, 0.15) is 0 Å². The normalized spacial score (nSPS) is 16.9. The molecule has 0 aromatic heterocycles. The summed E-state index contributed by atoms with van der Waals surface area (Å²) in [6.07, 6.45) is 0. The van der Waals surface area contributed by atoms with Gasteiger partial charge in [-0.1, -0.05) is 0 Å².